The number of carbonyl (C=O) groups is 1. The number of hydrogen-bond acceptors (Lipinski definition) is 4. The van der Waals surface area contributed by atoms with Gasteiger partial charge in [0.1, 0.15) is 5.54 Å². The van der Waals surface area contributed by atoms with Crippen molar-refractivity contribution in [3.05, 3.63) is 0 Å². The third kappa shape index (κ3) is 1.33. The van der Waals surface area contributed by atoms with Crippen molar-refractivity contribution < 1.29 is 18.3 Å². The molecule has 2 saturated heterocycles. The monoisotopic (exact) mass is 219 g/mol. The van der Waals surface area contributed by atoms with E-state index in [2.05, 4.69) is 0 Å². The zero-order valence-electron chi connectivity index (χ0n) is 7.77. The second-order valence-electron chi connectivity index (χ2n) is 4.06. The highest BCUT2D eigenvalue weighted by Crippen LogP contribution is 2.33. The van der Waals surface area contributed by atoms with Crippen LogP contribution in [0, 0.1) is 0 Å². The van der Waals surface area contributed by atoms with E-state index in [1.165, 1.54) is 0 Å². The Morgan fingerprint density at radius 1 is 1.21 bits per heavy atom. The Kier molecular flexibility index (Phi) is 2.08. The molecule has 5 nitrogen and oxygen atoms in total. The van der Waals surface area contributed by atoms with Gasteiger partial charge in [0.2, 0.25) is 0 Å². The maximum Gasteiger partial charge on any atom is 0.326 e. The fraction of sp³-hybridized carbons (Fsp3) is 0.875. The van der Waals surface area contributed by atoms with Crippen LogP contribution in [0.5, 0.6) is 0 Å². The minimum atomic E-state index is -3.09. The summed E-state index contributed by atoms with van der Waals surface area (Å²) in [4.78, 5) is 12.9. The molecule has 2 heterocycles. The van der Waals surface area contributed by atoms with Crippen molar-refractivity contribution in [3.63, 3.8) is 0 Å². The van der Waals surface area contributed by atoms with Gasteiger partial charge in [-0.2, -0.15) is 0 Å². The normalized spacial score (nSPS) is 29.7. The van der Waals surface area contributed by atoms with Crippen LogP contribution >= 0.6 is 0 Å². The molecule has 0 spiro atoms. The third-order valence-corrected chi connectivity index (χ3v) is 4.86. The molecule has 0 aromatic rings. The summed E-state index contributed by atoms with van der Waals surface area (Å²) >= 11 is 0. The highest BCUT2D eigenvalue weighted by Gasteiger charge is 2.58. The van der Waals surface area contributed by atoms with Crippen molar-refractivity contribution in [2.45, 2.75) is 18.4 Å². The minimum Gasteiger partial charge on any atom is -0.480 e. The lowest BCUT2D eigenvalue weighted by molar-refractivity contribution is -0.149. The largest absolute Gasteiger partial charge is 0.480 e. The minimum absolute atomic E-state index is 0.213. The van der Waals surface area contributed by atoms with Crippen LogP contribution in [-0.4, -0.2) is 54.5 Å². The molecule has 2 rings (SSSR count). The lowest BCUT2D eigenvalue weighted by Crippen LogP contribution is -2.69. The molecular formula is C8H13NO4S. The maximum absolute atomic E-state index is 11.1. The number of hydrogen-bond donors (Lipinski definition) is 1. The van der Waals surface area contributed by atoms with Crippen molar-refractivity contribution in [1.29, 1.82) is 0 Å². The van der Waals surface area contributed by atoms with Crippen molar-refractivity contribution in [3.8, 4) is 0 Å². The number of aliphatic carboxylic acids is 1. The average Bonchev–Trinajstić information content (AvgIpc) is 2.50. The number of carboxylic acids is 1. The Morgan fingerprint density at radius 2 is 1.71 bits per heavy atom. The molecule has 0 radical (unpaired) electrons. The molecule has 0 amide bonds. The maximum atomic E-state index is 11.1. The van der Waals surface area contributed by atoms with Gasteiger partial charge in [0.15, 0.2) is 9.84 Å². The van der Waals surface area contributed by atoms with Gasteiger partial charge in [-0.1, -0.05) is 0 Å². The van der Waals surface area contributed by atoms with E-state index < -0.39 is 21.3 Å². The summed E-state index contributed by atoms with van der Waals surface area (Å²) < 4.78 is 22.1. The summed E-state index contributed by atoms with van der Waals surface area (Å²) in [6, 6.07) is 0. The van der Waals surface area contributed by atoms with Crippen LogP contribution in [0.25, 0.3) is 0 Å². The van der Waals surface area contributed by atoms with Gasteiger partial charge in [-0.15, -0.1) is 0 Å². The standard InChI is InChI=1S/C8H13NO4S/c10-7(11)8(5-14(12,13)6-8)9-3-1-2-4-9/h1-6H2,(H,10,11). The SMILES string of the molecule is O=C(O)C1(N2CCCC2)CS(=O)(=O)C1. The molecule has 0 aromatic heterocycles. The predicted molar refractivity (Wildman–Crippen MR) is 49.8 cm³/mol. The molecule has 0 saturated carbocycles. The molecule has 0 atom stereocenters. The Hall–Kier alpha value is -0.620. The number of likely N-dealkylation sites (tertiary alicyclic amines) is 1. The van der Waals surface area contributed by atoms with E-state index in [4.69, 9.17) is 5.11 Å². The summed E-state index contributed by atoms with van der Waals surface area (Å²) in [5, 5.41) is 9.07. The van der Waals surface area contributed by atoms with Crippen LogP contribution in [0.1, 0.15) is 12.8 Å². The molecule has 0 bridgehead atoms. The molecule has 2 aliphatic rings. The van der Waals surface area contributed by atoms with E-state index in [1.54, 1.807) is 4.90 Å². The summed E-state index contributed by atoms with van der Waals surface area (Å²) in [5.41, 5.74) is -1.10. The van der Waals surface area contributed by atoms with E-state index in [9.17, 15) is 13.2 Å². The van der Waals surface area contributed by atoms with E-state index in [1.807, 2.05) is 0 Å². The van der Waals surface area contributed by atoms with Crippen LogP contribution in [0.15, 0.2) is 0 Å². The third-order valence-electron chi connectivity index (χ3n) is 3.03. The summed E-state index contributed by atoms with van der Waals surface area (Å²) in [6.07, 6.45) is 1.93. The lowest BCUT2D eigenvalue weighted by Gasteiger charge is -2.43. The predicted octanol–water partition coefficient (Wildman–Crippen LogP) is -0.666. The van der Waals surface area contributed by atoms with E-state index in [-0.39, 0.29) is 11.5 Å². The van der Waals surface area contributed by atoms with Gasteiger partial charge in [0.25, 0.3) is 0 Å². The van der Waals surface area contributed by atoms with Crippen molar-refractivity contribution in [2.24, 2.45) is 0 Å². The Labute approximate surface area is 82.6 Å². The van der Waals surface area contributed by atoms with Crippen molar-refractivity contribution >= 4 is 15.8 Å². The fourth-order valence-electron chi connectivity index (χ4n) is 2.27. The van der Waals surface area contributed by atoms with Crippen LogP contribution in [-0.2, 0) is 14.6 Å². The van der Waals surface area contributed by atoms with Crippen LogP contribution in [0.3, 0.4) is 0 Å². The zero-order valence-corrected chi connectivity index (χ0v) is 8.59. The van der Waals surface area contributed by atoms with Gasteiger partial charge in [-0.3, -0.25) is 9.69 Å². The second-order valence-corrected chi connectivity index (χ2v) is 6.13. The smallest absolute Gasteiger partial charge is 0.326 e. The highest BCUT2D eigenvalue weighted by atomic mass is 32.2. The van der Waals surface area contributed by atoms with Gasteiger partial charge in [0, 0.05) is 0 Å². The van der Waals surface area contributed by atoms with Crippen molar-refractivity contribution in [1.82, 2.24) is 4.90 Å². The summed E-state index contributed by atoms with van der Waals surface area (Å²) in [6.45, 7) is 1.42. The van der Waals surface area contributed by atoms with Crippen LogP contribution < -0.4 is 0 Å². The molecule has 0 aliphatic carbocycles. The van der Waals surface area contributed by atoms with E-state index in [0.29, 0.717) is 13.1 Å². The van der Waals surface area contributed by atoms with Gasteiger partial charge >= 0.3 is 5.97 Å². The lowest BCUT2D eigenvalue weighted by atomic mass is 10.0. The molecule has 0 aromatic carbocycles. The van der Waals surface area contributed by atoms with Gasteiger partial charge in [-0.25, -0.2) is 8.42 Å². The molecule has 6 heteroatoms. The first-order valence-corrected chi connectivity index (χ1v) is 6.47. The zero-order chi connectivity index (χ0) is 10.4. The first-order chi connectivity index (χ1) is 6.46. The van der Waals surface area contributed by atoms with E-state index >= 15 is 0 Å². The molecular weight excluding hydrogens is 206 g/mol. The molecule has 80 valence electrons. The first-order valence-electron chi connectivity index (χ1n) is 4.65. The number of carboxylic acid groups (broad SMARTS) is 1. The molecule has 14 heavy (non-hydrogen) atoms. The fourth-order valence-corrected chi connectivity index (χ4v) is 4.25. The Bertz CT molecular complexity index is 344. The average molecular weight is 219 g/mol. The van der Waals surface area contributed by atoms with Crippen molar-refractivity contribution in [2.75, 3.05) is 24.6 Å². The number of nitrogens with zero attached hydrogens (tertiary/aromatic N) is 1. The molecule has 1 N–H and O–H groups in total. The van der Waals surface area contributed by atoms with Crippen LogP contribution in [0.2, 0.25) is 0 Å². The molecule has 2 fully saturated rings. The summed E-state index contributed by atoms with van der Waals surface area (Å²) in [5.74, 6) is -1.42. The number of sulfone groups is 1. The molecule has 0 unspecified atom stereocenters. The number of rotatable bonds is 2. The van der Waals surface area contributed by atoms with Crippen LogP contribution in [0.4, 0.5) is 0 Å². The topological polar surface area (TPSA) is 74.7 Å². The van der Waals surface area contributed by atoms with Gasteiger partial charge < -0.3 is 5.11 Å². The Balaban J connectivity index is 2.21. The highest BCUT2D eigenvalue weighted by molar-refractivity contribution is 7.93. The summed E-state index contributed by atoms with van der Waals surface area (Å²) in [7, 11) is -3.09. The molecule has 2 aliphatic heterocycles. The second kappa shape index (κ2) is 2.93. The quantitative estimate of drug-likeness (QED) is 0.667. The van der Waals surface area contributed by atoms with Gasteiger partial charge in [-0.05, 0) is 25.9 Å². The first kappa shape index (κ1) is 9.92. The van der Waals surface area contributed by atoms with Gasteiger partial charge in [0.05, 0.1) is 11.5 Å². The Morgan fingerprint density at radius 3 is 2.07 bits per heavy atom. The van der Waals surface area contributed by atoms with E-state index in [0.717, 1.165) is 12.8 Å².